The number of hydrogen-bond donors (Lipinski definition) is 3. The van der Waals surface area contributed by atoms with Gasteiger partial charge < -0.3 is 20.9 Å². The summed E-state index contributed by atoms with van der Waals surface area (Å²) in [7, 11) is 0. The van der Waals surface area contributed by atoms with E-state index in [2.05, 4.69) is 5.32 Å². The molecule has 5 heteroatoms. The second-order valence-corrected chi connectivity index (χ2v) is 5.04. The maximum atomic E-state index is 12.1. The number of aliphatic hydroxyl groups excluding tert-OH is 1. The van der Waals surface area contributed by atoms with Gasteiger partial charge >= 0.3 is 0 Å². The summed E-state index contributed by atoms with van der Waals surface area (Å²) >= 11 is 0. The van der Waals surface area contributed by atoms with Crippen molar-refractivity contribution >= 4 is 11.6 Å². The summed E-state index contributed by atoms with van der Waals surface area (Å²) in [5.41, 5.74) is 6.22. The molecule has 0 aliphatic heterocycles. The smallest absolute Gasteiger partial charge is 0.251 e. The summed E-state index contributed by atoms with van der Waals surface area (Å²) in [4.78, 5) is 12.1. The zero-order valence-electron chi connectivity index (χ0n) is 11.7. The summed E-state index contributed by atoms with van der Waals surface area (Å²) < 4.78 is 5.36. The lowest BCUT2D eigenvalue weighted by Crippen LogP contribution is -2.44. The molecular weight excluding hydrogens is 244 g/mol. The first-order chi connectivity index (χ1) is 8.88. The van der Waals surface area contributed by atoms with Crippen LogP contribution in [0.25, 0.3) is 0 Å². The van der Waals surface area contributed by atoms with E-state index >= 15 is 0 Å². The maximum Gasteiger partial charge on any atom is 0.251 e. The van der Waals surface area contributed by atoms with E-state index in [4.69, 9.17) is 15.6 Å². The van der Waals surface area contributed by atoms with Crippen LogP contribution in [-0.2, 0) is 0 Å². The number of amides is 1. The van der Waals surface area contributed by atoms with Crippen LogP contribution in [0.1, 0.15) is 37.6 Å². The van der Waals surface area contributed by atoms with Crippen molar-refractivity contribution in [3.63, 3.8) is 0 Å². The van der Waals surface area contributed by atoms with Crippen molar-refractivity contribution in [1.82, 2.24) is 5.32 Å². The van der Waals surface area contributed by atoms with Crippen LogP contribution in [0.4, 0.5) is 5.69 Å². The second kappa shape index (κ2) is 6.43. The SMILES string of the molecule is CCOc1cc(N)cc(C(=O)NC(C)(C)CCO)c1. The van der Waals surface area contributed by atoms with Gasteiger partial charge in [0.15, 0.2) is 0 Å². The Bertz CT molecular complexity index is 444. The molecule has 0 aromatic heterocycles. The molecule has 0 aliphatic rings. The van der Waals surface area contributed by atoms with Crippen LogP contribution in [0.5, 0.6) is 5.75 Å². The van der Waals surface area contributed by atoms with Crippen LogP contribution in [0, 0.1) is 0 Å². The van der Waals surface area contributed by atoms with E-state index in [1.807, 2.05) is 20.8 Å². The van der Waals surface area contributed by atoms with Gasteiger partial charge in [-0.3, -0.25) is 4.79 Å². The minimum Gasteiger partial charge on any atom is -0.494 e. The highest BCUT2D eigenvalue weighted by molar-refractivity contribution is 5.96. The van der Waals surface area contributed by atoms with Crippen LogP contribution >= 0.6 is 0 Å². The van der Waals surface area contributed by atoms with Gasteiger partial charge in [0, 0.05) is 29.5 Å². The lowest BCUT2D eigenvalue weighted by molar-refractivity contribution is 0.0899. The number of benzene rings is 1. The molecule has 5 nitrogen and oxygen atoms in total. The van der Waals surface area contributed by atoms with Crippen molar-refractivity contribution in [3.05, 3.63) is 23.8 Å². The third-order valence-electron chi connectivity index (χ3n) is 2.69. The summed E-state index contributed by atoms with van der Waals surface area (Å²) in [6.45, 7) is 6.12. The van der Waals surface area contributed by atoms with Gasteiger partial charge in [-0.1, -0.05) is 0 Å². The Labute approximate surface area is 113 Å². The molecule has 4 N–H and O–H groups in total. The number of ether oxygens (including phenoxy) is 1. The van der Waals surface area contributed by atoms with Crippen molar-refractivity contribution in [2.24, 2.45) is 0 Å². The number of rotatable bonds is 6. The van der Waals surface area contributed by atoms with Crippen molar-refractivity contribution in [3.8, 4) is 5.75 Å². The molecule has 1 aromatic carbocycles. The fourth-order valence-electron chi connectivity index (χ4n) is 1.72. The van der Waals surface area contributed by atoms with Crippen LogP contribution in [0.3, 0.4) is 0 Å². The molecule has 0 heterocycles. The van der Waals surface area contributed by atoms with Crippen LogP contribution < -0.4 is 15.8 Å². The minimum absolute atomic E-state index is 0.0222. The van der Waals surface area contributed by atoms with Gasteiger partial charge in [-0.05, 0) is 39.3 Å². The normalized spacial score (nSPS) is 11.2. The van der Waals surface area contributed by atoms with Crippen molar-refractivity contribution < 1.29 is 14.6 Å². The largest absolute Gasteiger partial charge is 0.494 e. The van der Waals surface area contributed by atoms with Gasteiger partial charge in [-0.2, -0.15) is 0 Å². The molecule has 0 fully saturated rings. The van der Waals surface area contributed by atoms with E-state index in [0.717, 1.165) is 0 Å². The number of hydrogen-bond acceptors (Lipinski definition) is 4. The fraction of sp³-hybridized carbons (Fsp3) is 0.500. The molecule has 0 saturated carbocycles. The Kier molecular flexibility index (Phi) is 5.18. The molecule has 0 radical (unpaired) electrons. The molecule has 0 spiro atoms. The van der Waals surface area contributed by atoms with E-state index in [0.29, 0.717) is 30.0 Å². The first kappa shape index (κ1) is 15.3. The first-order valence-corrected chi connectivity index (χ1v) is 6.34. The quantitative estimate of drug-likeness (QED) is 0.682. The number of carbonyl (C=O) groups is 1. The summed E-state index contributed by atoms with van der Waals surface area (Å²) in [6, 6.07) is 4.94. The molecule has 0 saturated heterocycles. The van der Waals surface area contributed by atoms with E-state index in [1.165, 1.54) is 0 Å². The lowest BCUT2D eigenvalue weighted by Gasteiger charge is -2.25. The molecule has 1 aromatic rings. The monoisotopic (exact) mass is 266 g/mol. The van der Waals surface area contributed by atoms with E-state index in [-0.39, 0.29) is 12.5 Å². The topological polar surface area (TPSA) is 84.6 Å². The van der Waals surface area contributed by atoms with Gasteiger partial charge in [-0.25, -0.2) is 0 Å². The molecule has 19 heavy (non-hydrogen) atoms. The van der Waals surface area contributed by atoms with Crippen molar-refractivity contribution in [2.75, 3.05) is 18.9 Å². The number of carbonyl (C=O) groups excluding carboxylic acids is 1. The zero-order chi connectivity index (χ0) is 14.5. The van der Waals surface area contributed by atoms with E-state index in [9.17, 15) is 4.79 Å². The van der Waals surface area contributed by atoms with Gasteiger partial charge in [-0.15, -0.1) is 0 Å². The predicted molar refractivity (Wildman–Crippen MR) is 75.3 cm³/mol. The number of nitrogens with two attached hydrogens (primary N) is 1. The average Bonchev–Trinajstić information content (AvgIpc) is 2.27. The standard InChI is InChI=1S/C14H22N2O3/c1-4-19-12-8-10(7-11(15)9-12)13(18)16-14(2,3)5-6-17/h7-9,17H,4-6,15H2,1-3H3,(H,16,18). The average molecular weight is 266 g/mol. The number of aliphatic hydroxyl groups is 1. The lowest BCUT2D eigenvalue weighted by atomic mass is 10.0. The van der Waals surface area contributed by atoms with Gasteiger partial charge in [0.25, 0.3) is 5.91 Å². The van der Waals surface area contributed by atoms with Gasteiger partial charge in [0.05, 0.1) is 6.61 Å². The Morgan fingerprint density at radius 2 is 2.11 bits per heavy atom. The Morgan fingerprint density at radius 1 is 1.42 bits per heavy atom. The Balaban J connectivity index is 2.87. The first-order valence-electron chi connectivity index (χ1n) is 6.34. The minimum atomic E-state index is -0.470. The van der Waals surface area contributed by atoms with E-state index < -0.39 is 5.54 Å². The molecule has 1 amide bonds. The molecule has 0 atom stereocenters. The van der Waals surface area contributed by atoms with Crippen molar-refractivity contribution in [2.45, 2.75) is 32.7 Å². The third kappa shape index (κ3) is 4.79. The Hall–Kier alpha value is -1.75. The van der Waals surface area contributed by atoms with Gasteiger partial charge in [0.1, 0.15) is 5.75 Å². The van der Waals surface area contributed by atoms with Gasteiger partial charge in [0.2, 0.25) is 0 Å². The maximum absolute atomic E-state index is 12.1. The zero-order valence-corrected chi connectivity index (χ0v) is 11.7. The van der Waals surface area contributed by atoms with Crippen molar-refractivity contribution in [1.29, 1.82) is 0 Å². The molecule has 0 aliphatic carbocycles. The van der Waals surface area contributed by atoms with E-state index in [1.54, 1.807) is 18.2 Å². The summed E-state index contributed by atoms with van der Waals surface area (Å²) in [5, 5.41) is 11.8. The number of anilines is 1. The second-order valence-electron chi connectivity index (χ2n) is 5.04. The highest BCUT2D eigenvalue weighted by Crippen LogP contribution is 2.20. The molecular formula is C14H22N2O3. The molecule has 1 rings (SSSR count). The van der Waals surface area contributed by atoms with Crippen LogP contribution in [-0.4, -0.2) is 29.8 Å². The van der Waals surface area contributed by atoms with Crippen LogP contribution in [0.15, 0.2) is 18.2 Å². The molecule has 106 valence electrons. The highest BCUT2D eigenvalue weighted by Gasteiger charge is 2.21. The van der Waals surface area contributed by atoms with Crippen LogP contribution in [0.2, 0.25) is 0 Å². The Morgan fingerprint density at radius 3 is 2.68 bits per heavy atom. The molecule has 0 unspecified atom stereocenters. The summed E-state index contributed by atoms with van der Waals surface area (Å²) in [5.74, 6) is 0.347. The third-order valence-corrected chi connectivity index (χ3v) is 2.69. The predicted octanol–water partition coefficient (Wildman–Crippen LogP) is 1.56. The number of nitrogens with one attached hydrogen (secondary N) is 1. The number of nitrogen functional groups attached to an aromatic ring is 1. The fourth-order valence-corrected chi connectivity index (χ4v) is 1.72. The summed E-state index contributed by atoms with van der Waals surface area (Å²) in [6.07, 6.45) is 0.485. The highest BCUT2D eigenvalue weighted by atomic mass is 16.5. The molecule has 0 bridgehead atoms.